The molecule has 7 heteroatoms. The van der Waals surface area contributed by atoms with Crippen molar-refractivity contribution in [1.29, 1.82) is 0 Å². The molecule has 1 aromatic rings. The molecule has 25 heavy (non-hydrogen) atoms. The fourth-order valence-corrected chi connectivity index (χ4v) is 3.03. The first kappa shape index (κ1) is 19.6. The van der Waals surface area contributed by atoms with Crippen molar-refractivity contribution in [2.24, 2.45) is 0 Å². The van der Waals surface area contributed by atoms with Crippen LogP contribution < -0.4 is 4.74 Å². The largest absolute Gasteiger partial charge is 0.491 e. The molecule has 1 aliphatic heterocycles. The number of carboxylic acids is 1. The Bertz CT molecular complexity index is 650. The predicted octanol–water partition coefficient (Wildman–Crippen LogP) is 4.17. The second kappa shape index (κ2) is 6.86. The van der Waals surface area contributed by atoms with Crippen LogP contribution in [-0.4, -0.2) is 42.2 Å². The molecule has 1 saturated heterocycles. The van der Waals surface area contributed by atoms with Crippen molar-refractivity contribution in [2.75, 3.05) is 20.2 Å². The summed E-state index contributed by atoms with van der Waals surface area (Å²) in [5.41, 5.74) is -1.86. The zero-order valence-corrected chi connectivity index (χ0v) is 14.9. The topological polar surface area (TPSA) is 49.8 Å². The normalized spacial score (nSPS) is 19.2. The highest BCUT2D eigenvalue weighted by molar-refractivity contribution is 5.92. The van der Waals surface area contributed by atoms with Gasteiger partial charge in [0, 0.05) is 11.6 Å². The Morgan fingerprint density at radius 3 is 2.40 bits per heavy atom. The number of likely N-dealkylation sites (tertiary alicyclic amines) is 1. The van der Waals surface area contributed by atoms with Gasteiger partial charge in [-0.05, 0) is 44.0 Å². The molecule has 0 aromatic heterocycles. The molecule has 1 heterocycles. The number of rotatable bonds is 4. The van der Waals surface area contributed by atoms with Crippen molar-refractivity contribution in [3.63, 3.8) is 0 Å². The van der Waals surface area contributed by atoms with Crippen LogP contribution in [0.5, 0.6) is 5.75 Å². The number of likely N-dealkylation sites (N-methyl/N-ethyl adjacent to an activating group) is 1. The number of alkyl halides is 3. The summed E-state index contributed by atoms with van der Waals surface area (Å²) >= 11 is 0. The third-order valence-corrected chi connectivity index (χ3v) is 4.55. The minimum Gasteiger partial charge on any atom is -0.491 e. The number of halogens is 3. The van der Waals surface area contributed by atoms with Crippen LogP contribution in [0, 0.1) is 0 Å². The molecule has 1 atom stereocenters. The van der Waals surface area contributed by atoms with Crippen molar-refractivity contribution in [1.82, 2.24) is 4.90 Å². The van der Waals surface area contributed by atoms with Crippen molar-refractivity contribution in [3.8, 4) is 5.75 Å². The van der Waals surface area contributed by atoms with Gasteiger partial charge in [0.2, 0.25) is 0 Å². The average molecular weight is 359 g/mol. The lowest BCUT2D eigenvalue weighted by Gasteiger charge is -2.27. The molecule has 2 rings (SSSR count). The van der Waals surface area contributed by atoms with Gasteiger partial charge in [-0.15, -0.1) is 0 Å². The van der Waals surface area contributed by atoms with E-state index in [0.717, 1.165) is 25.5 Å². The van der Waals surface area contributed by atoms with Crippen LogP contribution >= 0.6 is 0 Å². The van der Waals surface area contributed by atoms with E-state index in [1.165, 1.54) is 0 Å². The highest BCUT2D eigenvalue weighted by Gasteiger charge is 2.36. The maximum absolute atomic E-state index is 13.2. The summed E-state index contributed by atoms with van der Waals surface area (Å²) < 4.78 is 45.3. The van der Waals surface area contributed by atoms with Crippen LogP contribution in [0.15, 0.2) is 12.1 Å². The van der Waals surface area contributed by atoms with E-state index < -0.39 is 28.7 Å². The van der Waals surface area contributed by atoms with Crippen LogP contribution in [0.1, 0.15) is 55.1 Å². The first-order valence-electron chi connectivity index (χ1n) is 8.23. The van der Waals surface area contributed by atoms with Crippen LogP contribution in [0.25, 0.3) is 0 Å². The van der Waals surface area contributed by atoms with E-state index in [-0.39, 0.29) is 24.0 Å². The predicted molar refractivity (Wildman–Crippen MR) is 88.3 cm³/mol. The summed E-state index contributed by atoms with van der Waals surface area (Å²) in [5, 5.41) is 9.43. The standard InChI is InChI=1S/C18H24F3NO3/c1-17(2,3)14-9-11(18(19,20)21)8-13(16(23)24)15(14)25-10-12-6-5-7-22(12)4/h8-9,12H,5-7,10H2,1-4H3,(H,23,24)/t12-/m0/s1. The molecule has 0 radical (unpaired) electrons. The van der Waals surface area contributed by atoms with E-state index in [9.17, 15) is 23.1 Å². The van der Waals surface area contributed by atoms with E-state index in [0.29, 0.717) is 6.07 Å². The minimum absolute atomic E-state index is 0.0355. The van der Waals surface area contributed by atoms with Crippen molar-refractivity contribution >= 4 is 5.97 Å². The van der Waals surface area contributed by atoms with E-state index >= 15 is 0 Å². The third kappa shape index (κ3) is 4.45. The van der Waals surface area contributed by atoms with Gasteiger partial charge in [0.15, 0.2) is 0 Å². The minimum atomic E-state index is -4.62. The fraction of sp³-hybridized carbons (Fsp3) is 0.611. The van der Waals surface area contributed by atoms with Crippen molar-refractivity contribution < 1.29 is 27.8 Å². The van der Waals surface area contributed by atoms with Gasteiger partial charge in [0.1, 0.15) is 17.9 Å². The Labute approximate surface area is 145 Å². The third-order valence-electron chi connectivity index (χ3n) is 4.55. The van der Waals surface area contributed by atoms with Gasteiger partial charge in [0.25, 0.3) is 0 Å². The Balaban J connectivity index is 2.49. The smallest absolute Gasteiger partial charge is 0.416 e. The highest BCUT2D eigenvalue weighted by Crippen LogP contribution is 2.40. The lowest BCUT2D eigenvalue weighted by molar-refractivity contribution is -0.137. The zero-order valence-electron chi connectivity index (χ0n) is 14.9. The lowest BCUT2D eigenvalue weighted by Crippen LogP contribution is -2.31. The molecular formula is C18H24F3NO3. The number of carboxylic acid groups (broad SMARTS) is 1. The molecule has 1 aromatic carbocycles. The van der Waals surface area contributed by atoms with Gasteiger partial charge in [-0.3, -0.25) is 0 Å². The van der Waals surface area contributed by atoms with Gasteiger partial charge in [-0.25, -0.2) is 4.79 Å². The highest BCUT2D eigenvalue weighted by atomic mass is 19.4. The number of benzene rings is 1. The van der Waals surface area contributed by atoms with E-state index in [1.807, 2.05) is 7.05 Å². The Kier molecular flexibility index (Phi) is 5.37. The van der Waals surface area contributed by atoms with E-state index in [2.05, 4.69) is 4.90 Å². The number of hydrogen-bond donors (Lipinski definition) is 1. The quantitative estimate of drug-likeness (QED) is 0.876. The molecule has 0 unspecified atom stereocenters. The van der Waals surface area contributed by atoms with E-state index in [4.69, 9.17) is 4.74 Å². The van der Waals surface area contributed by atoms with Crippen LogP contribution in [0.2, 0.25) is 0 Å². The van der Waals surface area contributed by atoms with Crippen LogP contribution in [0.4, 0.5) is 13.2 Å². The summed E-state index contributed by atoms with van der Waals surface area (Å²) in [7, 11) is 1.95. The number of aromatic carboxylic acids is 1. The van der Waals surface area contributed by atoms with Gasteiger partial charge in [-0.1, -0.05) is 20.8 Å². The fourth-order valence-electron chi connectivity index (χ4n) is 3.03. The van der Waals surface area contributed by atoms with E-state index in [1.54, 1.807) is 20.8 Å². The molecule has 0 saturated carbocycles. The SMILES string of the molecule is CN1CCC[C@H]1COc1c(C(=O)O)cc(C(F)(F)F)cc1C(C)(C)C. The molecule has 1 fully saturated rings. The number of ether oxygens (including phenoxy) is 1. The lowest BCUT2D eigenvalue weighted by atomic mass is 9.83. The van der Waals surface area contributed by atoms with Gasteiger partial charge in [-0.2, -0.15) is 13.2 Å². The first-order chi connectivity index (χ1) is 11.4. The molecule has 0 aliphatic carbocycles. The Hall–Kier alpha value is -1.76. The Morgan fingerprint density at radius 2 is 1.96 bits per heavy atom. The average Bonchev–Trinajstić information content (AvgIpc) is 2.87. The van der Waals surface area contributed by atoms with Crippen LogP contribution in [0.3, 0.4) is 0 Å². The van der Waals surface area contributed by atoms with Gasteiger partial charge in [0.05, 0.1) is 5.56 Å². The number of hydrogen-bond acceptors (Lipinski definition) is 3. The van der Waals surface area contributed by atoms with Gasteiger partial charge >= 0.3 is 12.1 Å². The Morgan fingerprint density at radius 1 is 1.32 bits per heavy atom. The van der Waals surface area contributed by atoms with Crippen molar-refractivity contribution in [2.45, 2.75) is 51.2 Å². The number of carbonyl (C=O) groups is 1. The summed E-state index contributed by atoms with van der Waals surface area (Å²) in [5.74, 6) is -1.39. The molecule has 1 N–H and O–H groups in total. The molecule has 0 bridgehead atoms. The summed E-state index contributed by atoms with van der Waals surface area (Å²) in [6.07, 6.45) is -2.67. The molecule has 1 aliphatic rings. The second-order valence-electron chi connectivity index (χ2n) is 7.54. The summed E-state index contributed by atoms with van der Waals surface area (Å²) in [6, 6.07) is 1.79. The maximum atomic E-state index is 13.2. The first-order valence-corrected chi connectivity index (χ1v) is 8.23. The maximum Gasteiger partial charge on any atom is 0.416 e. The molecule has 4 nitrogen and oxygen atoms in total. The molecule has 0 spiro atoms. The zero-order chi connectivity index (χ0) is 19.0. The van der Waals surface area contributed by atoms with Crippen molar-refractivity contribution in [3.05, 3.63) is 28.8 Å². The second-order valence-corrected chi connectivity index (χ2v) is 7.54. The number of nitrogens with zero attached hydrogens (tertiary/aromatic N) is 1. The molecule has 140 valence electrons. The van der Waals surface area contributed by atoms with Gasteiger partial charge < -0.3 is 14.7 Å². The molecule has 0 amide bonds. The monoisotopic (exact) mass is 359 g/mol. The molecular weight excluding hydrogens is 335 g/mol. The summed E-state index contributed by atoms with van der Waals surface area (Å²) in [6.45, 7) is 6.40. The van der Waals surface area contributed by atoms with Crippen LogP contribution in [-0.2, 0) is 11.6 Å². The summed E-state index contributed by atoms with van der Waals surface area (Å²) in [4.78, 5) is 13.7.